The van der Waals surface area contributed by atoms with E-state index >= 15 is 0 Å². The summed E-state index contributed by atoms with van der Waals surface area (Å²) in [4.78, 5) is 59.7. The minimum absolute atomic E-state index is 0.0317. The Morgan fingerprint density at radius 1 is 0.354 bits per heavy atom. The molecule has 16 heteroatoms. The molecule has 0 aromatic heterocycles. The zero-order valence-electron chi connectivity index (χ0n) is 51.0. The zero-order chi connectivity index (χ0) is 58.9. The van der Waals surface area contributed by atoms with Crippen molar-refractivity contribution in [3.8, 4) is 0 Å². The second-order valence-corrected chi connectivity index (χ2v) is 23.1. The molecular weight excluding hydrogens is 1040 g/mol. The lowest BCUT2D eigenvalue weighted by molar-refractivity contribution is -0.110. The summed E-state index contributed by atoms with van der Waals surface area (Å²) in [5, 5.41) is 6.41. The third-order valence-electron chi connectivity index (χ3n) is 15.6. The van der Waals surface area contributed by atoms with Crippen LogP contribution in [0.15, 0.2) is 48.5 Å². The van der Waals surface area contributed by atoms with Gasteiger partial charge in [0.15, 0.2) is 0 Å². The lowest BCUT2D eigenvalue weighted by Gasteiger charge is -2.33. The highest BCUT2D eigenvalue weighted by Crippen LogP contribution is 2.46. The molecule has 2 aliphatic rings. The van der Waals surface area contributed by atoms with Gasteiger partial charge in [0.25, 0.3) is 23.6 Å². The number of carbonyl (C=O) groups excluding carboxylic acids is 4. The maximum absolute atomic E-state index is 14.4. The largest absolute Gasteiger partial charge is 0.382 e. The molecule has 4 amide bonds. The van der Waals surface area contributed by atoms with Crippen LogP contribution in [0, 0.1) is 0 Å². The summed E-state index contributed by atoms with van der Waals surface area (Å²) in [6.07, 6.45) is 10.5. The molecule has 0 bridgehead atoms. The lowest BCUT2D eigenvalue weighted by atomic mass is 9.82. The van der Waals surface area contributed by atoms with Gasteiger partial charge in [0.1, 0.15) is 0 Å². The van der Waals surface area contributed by atoms with Crippen molar-refractivity contribution >= 4 is 66.7 Å². The van der Waals surface area contributed by atoms with Crippen LogP contribution in [0.25, 0.3) is 43.1 Å². The first kappa shape index (κ1) is 64.8. The van der Waals surface area contributed by atoms with Gasteiger partial charge in [0.2, 0.25) is 0 Å². The number of carbonyl (C=O) groups is 4. The maximum Gasteiger partial charge on any atom is 0.261 e. The predicted molar refractivity (Wildman–Crippen MR) is 321 cm³/mol. The predicted octanol–water partition coefficient (Wildman–Crippen LogP) is 12.1. The van der Waals surface area contributed by atoms with E-state index in [1.165, 1.54) is 54.7 Å². The summed E-state index contributed by atoms with van der Waals surface area (Å²) >= 11 is 0. The Balaban J connectivity index is 0.822. The van der Waals surface area contributed by atoms with Crippen LogP contribution >= 0.6 is 0 Å². The van der Waals surface area contributed by atoms with E-state index in [0.29, 0.717) is 99.0 Å². The van der Waals surface area contributed by atoms with E-state index in [-0.39, 0.29) is 85.7 Å². The van der Waals surface area contributed by atoms with Crippen molar-refractivity contribution in [2.24, 2.45) is 0 Å². The Morgan fingerprint density at radius 2 is 0.659 bits per heavy atom. The fourth-order valence-electron chi connectivity index (χ4n) is 11.0. The number of nitrogens with zero attached hydrogens (tertiary/aromatic N) is 2. The molecule has 0 aliphatic carbocycles. The van der Waals surface area contributed by atoms with Crippen LogP contribution in [0.5, 0.6) is 0 Å². The number of ether oxygens (including phenoxy) is 10. The van der Waals surface area contributed by atoms with Crippen LogP contribution in [0.2, 0.25) is 0 Å². The molecule has 2 heterocycles. The first-order chi connectivity index (χ1) is 39.5. The quantitative estimate of drug-likeness (QED) is 0.0157. The molecule has 0 spiro atoms. The van der Waals surface area contributed by atoms with Crippen LogP contribution in [0.4, 0.5) is 0 Å². The Bertz CT molecular complexity index is 2740. The van der Waals surface area contributed by atoms with Gasteiger partial charge in [-0.1, -0.05) is 89.0 Å². The van der Waals surface area contributed by atoms with Gasteiger partial charge >= 0.3 is 0 Å². The number of benzene rings is 5. The summed E-state index contributed by atoms with van der Waals surface area (Å²) in [6, 6.07) is 14.5. The van der Waals surface area contributed by atoms with Crippen molar-refractivity contribution in [1.82, 2.24) is 9.80 Å². The minimum atomic E-state index is -0.567. The van der Waals surface area contributed by atoms with Crippen molar-refractivity contribution < 1.29 is 66.5 Å². The smallest absolute Gasteiger partial charge is 0.261 e. The molecule has 0 saturated carbocycles. The van der Waals surface area contributed by atoms with Crippen molar-refractivity contribution in [2.75, 3.05) is 86.3 Å². The summed E-state index contributed by atoms with van der Waals surface area (Å²) in [7, 11) is 1.65. The van der Waals surface area contributed by atoms with Gasteiger partial charge in [-0.05, 0) is 125 Å². The Morgan fingerprint density at radius 3 is 1.00 bits per heavy atom. The molecule has 452 valence electrons. The molecule has 5 aromatic rings. The summed E-state index contributed by atoms with van der Waals surface area (Å²) < 4.78 is 58.6. The SMILES string of the molecule is CCCCCCCCCCCCN1C(=O)c2ccc3c4ccc5c6c(ccc(c7ccc(c2c37)C1=O)c64)C(=O)N(C(C)COC(C)COC(C)COC(C)COC(C)COC(C)COC(C)COC(C)COC(C)COCCOC)C5=O. The Labute approximate surface area is 486 Å². The molecule has 2 aliphatic heterocycles. The van der Waals surface area contributed by atoms with Gasteiger partial charge in [-0.25, -0.2) is 0 Å². The number of hydrogen-bond acceptors (Lipinski definition) is 14. The van der Waals surface area contributed by atoms with E-state index in [0.717, 1.165) is 51.6 Å². The molecule has 16 nitrogen and oxygen atoms in total. The fraction of sp³-hybridized carbons (Fsp3) is 0.636. The van der Waals surface area contributed by atoms with E-state index in [1.807, 2.05) is 98.7 Å². The van der Waals surface area contributed by atoms with E-state index in [2.05, 4.69) is 6.92 Å². The lowest BCUT2D eigenvalue weighted by Crippen LogP contribution is -2.48. The topological polar surface area (TPSA) is 167 Å². The van der Waals surface area contributed by atoms with Gasteiger partial charge in [-0.15, -0.1) is 0 Å². The van der Waals surface area contributed by atoms with E-state index in [9.17, 15) is 19.2 Å². The van der Waals surface area contributed by atoms with Crippen molar-refractivity contribution in [3.63, 3.8) is 0 Å². The fourth-order valence-corrected chi connectivity index (χ4v) is 11.0. The number of hydrogen-bond donors (Lipinski definition) is 0. The number of methoxy groups -OCH3 is 1. The average molecular weight is 1140 g/mol. The van der Waals surface area contributed by atoms with Crippen LogP contribution in [0.3, 0.4) is 0 Å². The molecule has 9 atom stereocenters. The number of unbranched alkanes of at least 4 members (excludes halogenated alkanes) is 9. The molecule has 0 fully saturated rings. The van der Waals surface area contributed by atoms with Gasteiger partial charge < -0.3 is 47.4 Å². The van der Waals surface area contributed by atoms with Crippen LogP contribution < -0.4 is 0 Å². The van der Waals surface area contributed by atoms with Gasteiger partial charge in [0.05, 0.1) is 128 Å². The second kappa shape index (κ2) is 32.0. The van der Waals surface area contributed by atoms with E-state index in [4.69, 9.17) is 47.4 Å². The number of amides is 4. The van der Waals surface area contributed by atoms with Crippen molar-refractivity contribution in [2.45, 2.75) is 188 Å². The number of fused-ring (bicyclic) bond motifs is 2. The molecular formula is C66H94N2O14. The molecule has 5 aromatic carbocycles. The normalized spacial score (nSPS) is 17.2. The molecule has 0 N–H and O–H groups in total. The van der Waals surface area contributed by atoms with Gasteiger partial charge in [0, 0.05) is 46.7 Å². The van der Waals surface area contributed by atoms with E-state index in [1.54, 1.807) is 19.2 Å². The average Bonchev–Trinajstić information content (AvgIpc) is 0.864. The number of imide groups is 2. The van der Waals surface area contributed by atoms with Gasteiger partial charge in [-0.3, -0.25) is 29.0 Å². The van der Waals surface area contributed by atoms with Crippen LogP contribution in [0.1, 0.15) is 175 Å². The Hall–Kier alpha value is -4.72. The summed E-state index contributed by atoms with van der Waals surface area (Å²) in [5.41, 5.74) is 1.94. The molecule has 82 heavy (non-hydrogen) atoms. The summed E-state index contributed by atoms with van der Waals surface area (Å²) in [5.74, 6) is -1.28. The van der Waals surface area contributed by atoms with Crippen molar-refractivity contribution in [3.05, 3.63) is 70.8 Å². The third kappa shape index (κ3) is 16.8. The highest BCUT2D eigenvalue weighted by atomic mass is 16.6. The molecule has 0 saturated heterocycles. The zero-order valence-corrected chi connectivity index (χ0v) is 51.0. The molecule has 9 unspecified atom stereocenters. The molecule has 7 rings (SSSR count). The van der Waals surface area contributed by atoms with E-state index < -0.39 is 6.04 Å². The highest BCUT2D eigenvalue weighted by molar-refractivity contribution is 6.41. The third-order valence-corrected chi connectivity index (χ3v) is 15.6. The monoisotopic (exact) mass is 1140 g/mol. The van der Waals surface area contributed by atoms with Crippen molar-refractivity contribution in [1.29, 1.82) is 0 Å². The highest BCUT2D eigenvalue weighted by Gasteiger charge is 2.39. The first-order valence-electron chi connectivity index (χ1n) is 30.5. The minimum Gasteiger partial charge on any atom is -0.382 e. The second-order valence-electron chi connectivity index (χ2n) is 23.1. The van der Waals surface area contributed by atoms with Gasteiger partial charge in [-0.2, -0.15) is 0 Å². The molecule has 0 radical (unpaired) electrons. The maximum atomic E-state index is 14.4. The van der Waals surface area contributed by atoms with Crippen LogP contribution in [-0.2, 0) is 47.4 Å². The van der Waals surface area contributed by atoms with Crippen LogP contribution in [-0.4, -0.2) is 175 Å². The number of rotatable bonds is 41. The standard InChI is InChI=1S/C66H94N2O14/c1-12-13-14-15-16-17-18-19-20-21-30-67-63(69)55-26-22-51-53-24-28-57-62-58(29-25-54(60(53)62)52-23-27-56(64(67)70)61(55)59(51)52)66(72)68(65(57)71)42(2)33-75-44(4)35-77-46(6)37-79-48(8)39-81-50(10)41-82-49(9)40-80-47(7)38-78-45(5)36-76-43(3)34-74-32-31-73-11/h22-29,42-50H,12-21,30-41H2,1-11H3. The Kier molecular flexibility index (Phi) is 25.3. The first-order valence-corrected chi connectivity index (χ1v) is 30.5. The summed E-state index contributed by atoms with van der Waals surface area (Å²) in [6.45, 7) is 24.6.